The number of ether oxygens (including phenoxy) is 1. The molecule has 0 spiro atoms. The lowest BCUT2D eigenvalue weighted by Gasteiger charge is -2.27. The molecule has 0 aliphatic rings. The number of hydrogen-bond donors (Lipinski definition) is 0. The Morgan fingerprint density at radius 3 is 2.58 bits per heavy atom. The molecule has 0 N–H and O–H groups in total. The first kappa shape index (κ1) is 30.6. The summed E-state index contributed by atoms with van der Waals surface area (Å²) in [6.45, 7) is 10.6. The Kier molecular flexibility index (Phi) is 10.6. The molecule has 0 radical (unpaired) electrons. The van der Waals surface area contributed by atoms with Gasteiger partial charge in [-0.3, -0.25) is 9.78 Å². The number of carbonyl (C=O) groups excluding carboxylic acids is 1. The molecule has 7 nitrogen and oxygen atoms in total. The minimum atomic E-state index is -2.94. The van der Waals surface area contributed by atoms with Crippen LogP contribution in [0.3, 0.4) is 0 Å². The molecular formula is C30H35F3N4O3. The first-order valence-electron chi connectivity index (χ1n) is 13.1. The lowest BCUT2D eigenvalue weighted by atomic mass is 9.97. The molecule has 2 heterocycles. The fourth-order valence-corrected chi connectivity index (χ4v) is 3.99. The van der Waals surface area contributed by atoms with Crippen LogP contribution in [-0.4, -0.2) is 34.2 Å². The molecular weight excluding hydrogens is 521 g/mol. The number of alkyl halides is 2. The molecule has 0 aliphatic carbocycles. The monoisotopic (exact) mass is 556 g/mol. The predicted octanol–water partition coefficient (Wildman–Crippen LogP) is 7.45. The lowest BCUT2D eigenvalue weighted by molar-refractivity contribution is -0.118. The second kappa shape index (κ2) is 13.9. The molecule has 1 unspecified atom stereocenters. The van der Waals surface area contributed by atoms with E-state index in [0.29, 0.717) is 41.6 Å². The highest BCUT2D eigenvalue weighted by Gasteiger charge is 2.23. The molecule has 40 heavy (non-hydrogen) atoms. The number of carbonyl (C=O) groups is 1. The van der Waals surface area contributed by atoms with Crippen molar-refractivity contribution < 1.29 is 27.2 Å². The predicted molar refractivity (Wildman–Crippen MR) is 148 cm³/mol. The summed E-state index contributed by atoms with van der Waals surface area (Å²) in [5.41, 5.74) is 1.56. The number of anilines is 1. The largest absolute Gasteiger partial charge is 0.433 e. The molecule has 1 amide bonds. The first-order valence-corrected chi connectivity index (χ1v) is 13.1. The van der Waals surface area contributed by atoms with E-state index in [0.717, 1.165) is 12.8 Å². The Morgan fingerprint density at radius 1 is 1.20 bits per heavy atom. The third kappa shape index (κ3) is 9.07. The molecule has 214 valence electrons. The van der Waals surface area contributed by atoms with Crippen molar-refractivity contribution in [1.29, 1.82) is 0 Å². The van der Waals surface area contributed by atoms with Gasteiger partial charge in [0, 0.05) is 42.5 Å². The standard InChI is InChI=1S/C30H35F3N4O3/c1-6-21(9-7-12-26-35-28(40-36-26)30(3,4)5)19-37(27(38)16-13-20(2)31)23-11-8-10-22(17-23)25-15-14-24(18-34-25)39-29(32)33/h6,8,10-11,14-15,17-18,21,29H,1-2,7,9,12-13,16,19H2,3-5H3. The zero-order valence-electron chi connectivity index (χ0n) is 23.1. The SMILES string of the molecule is C=CC(CCCc1noc(C(C)(C)C)n1)CN(C(=O)CCC(=C)F)c1cccc(-c2ccc(OC(F)F)cn2)c1. The van der Waals surface area contributed by atoms with E-state index in [4.69, 9.17) is 4.52 Å². The van der Waals surface area contributed by atoms with E-state index < -0.39 is 12.4 Å². The van der Waals surface area contributed by atoms with Crippen molar-refractivity contribution in [3.05, 3.63) is 79.4 Å². The number of nitrogens with zero attached hydrogens (tertiary/aromatic N) is 4. The van der Waals surface area contributed by atoms with E-state index in [1.54, 1.807) is 41.3 Å². The van der Waals surface area contributed by atoms with E-state index >= 15 is 0 Å². The maximum absolute atomic E-state index is 13.4. The Morgan fingerprint density at radius 2 is 1.98 bits per heavy atom. The van der Waals surface area contributed by atoms with Crippen molar-refractivity contribution in [2.24, 2.45) is 5.92 Å². The average Bonchev–Trinajstić information content (AvgIpc) is 3.39. The van der Waals surface area contributed by atoms with Gasteiger partial charge in [-0.05, 0) is 43.0 Å². The third-order valence-corrected chi connectivity index (χ3v) is 6.16. The van der Waals surface area contributed by atoms with Crippen LogP contribution in [0, 0.1) is 5.92 Å². The van der Waals surface area contributed by atoms with Crippen LogP contribution in [0.4, 0.5) is 18.9 Å². The topological polar surface area (TPSA) is 81.4 Å². The lowest BCUT2D eigenvalue weighted by Crippen LogP contribution is -2.35. The molecule has 0 bridgehead atoms. The molecule has 0 fully saturated rings. The Hall–Kier alpha value is -3.95. The molecule has 3 aromatic rings. The summed E-state index contributed by atoms with van der Waals surface area (Å²) < 4.78 is 48.1. The van der Waals surface area contributed by atoms with Crippen molar-refractivity contribution >= 4 is 11.6 Å². The van der Waals surface area contributed by atoms with Gasteiger partial charge < -0.3 is 14.2 Å². The number of aromatic nitrogens is 3. The van der Waals surface area contributed by atoms with Crippen molar-refractivity contribution in [2.75, 3.05) is 11.4 Å². The van der Waals surface area contributed by atoms with Crippen LogP contribution in [0.1, 0.15) is 58.2 Å². The van der Waals surface area contributed by atoms with Gasteiger partial charge in [0.15, 0.2) is 5.82 Å². The maximum Gasteiger partial charge on any atom is 0.387 e. The Balaban J connectivity index is 1.75. The van der Waals surface area contributed by atoms with Crippen LogP contribution in [0.2, 0.25) is 0 Å². The zero-order valence-corrected chi connectivity index (χ0v) is 23.1. The van der Waals surface area contributed by atoms with Crippen LogP contribution >= 0.6 is 0 Å². The van der Waals surface area contributed by atoms with Gasteiger partial charge in [0.1, 0.15) is 5.75 Å². The van der Waals surface area contributed by atoms with Crippen LogP contribution in [0.15, 0.2) is 72.2 Å². The smallest absolute Gasteiger partial charge is 0.387 e. The minimum absolute atomic E-state index is 0.0419. The van der Waals surface area contributed by atoms with Gasteiger partial charge in [-0.2, -0.15) is 13.8 Å². The molecule has 2 aromatic heterocycles. The van der Waals surface area contributed by atoms with Crippen molar-refractivity contribution in [2.45, 2.75) is 64.9 Å². The van der Waals surface area contributed by atoms with Crippen LogP contribution in [0.25, 0.3) is 11.3 Å². The van der Waals surface area contributed by atoms with E-state index in [9.17, 15) is 18.0 Å². The summed E-state index contributed by atoms with van der Waals surface area (Å²) in [4.78, 5) is 23.5. The van der Waals surface area contributed by atoms with Crippen LogP contribution in [0.5, 0.6) is 5.75 Å². The summed E-state index contributed by atoms with van der Waals surface area (Å²) in [6, 6.07) is 10.1. The van der Waals surface area contributed by atoms with E-state index in [2.05, 4.69) is 33.0 Å². The van der Waals surface area contributed by atoms with Gasteiger partial charge in [0.25, 0.3) is 0 Å². The van der Waals surface area contributed by atoms with E-state index in [1.807, 2.05) is 20.8 Å². The number of aryl methyl sites for hydroxylation is 1. The number of allylic oxidation sites excluding steroid dienone is 1. The van der Waals surface area contributed by atoms with Crippen molar-refractivity contribution in [1.82, 2.24) is 15.1 Å². The average molecular weight is 557 g/mol. The molecule has 0 saturated heterocycles. The normalized spacial score (nSPS) is 12.3. The van der Waals surface area contributed by atoms with Gasteiger partial charge in [-0.25, -0.2) is 4.39 Å². The first-order chi connectivity index (χ1) is 19.0. The highest BCUT2D eigenvalue weighted by Crippen LogP contribution is 2.28. The zero-order chi connectivity index (χ0) is 29.3. The Bertz CT molecular complexity index is 1290. The number of benzene rings is 1. The second-order valence-electron chi connectivity index (χ2n) is 10.5. The van der Waals surface area contributed by atoms with Gasteiger partial charge >= 0.3 is 6.61 Å². The van der Waals surface area contributed by atoms with Gasteiger partial charge in [-0.15, -0.1) is 6.58 Å². The van der Waals surface area contributed by atoms with E-state index in [1.165, 1.54) is 12.3 Å². The molecule has 1 aromatic carbocycles. The van der Waals surface area contributed by atoms with Crippen molar-refractivity contribution in [3.8, 4) is 17.0 Å². The van der Waals surface area contributed by atoms with Gasteiger partial charge in [0.05, 0.1) is 17.7 Å². The summed E-state index contributed by atoms with van der Waals surface area (Å²) in [6.07, 6.45) is 4.99. The molecule has 0 saturated carbocycles. The molecule has 1 atom stereocenters. The third-order valence-electron chi connectivity index (χ3n) is 6.16. The van der Waals surface area contributed by atoms with Crippen LogP contribution in [-0.2, 0) is 16.6 Å². The fourth-order valence-electron chi connectivity index (χ4n) is 3.99. The quantitative estimate of drug-likeness (QED) is 0.192. The number of hydrogen-bond acceptors (Lipinski definition) is 6. The number of rotatable bonds is 14. The maximum atomic E-state index is 13.4. The Labute approximate surface area is 232 Å². The molecule has 3 rings (SSSR count). The minimum Gasteiger partial charge on any atom is -0.433 e. The number of pyridine rings is 1. The number of halogens is 3. The molecule has 0 aliphatic heterocycles. The van der Waals surface area contributed by atoms with Gasteiger partial charge in [-0.1, -0.05) is 50.7 Å². The van der Waals surface area contributed by atoms with Crippen molar-refractivity contribution in [3.63, 3.8) is 0 Å². The summed E-state index contributed by atoms with van der Waals surface area (Å²) in [5, 5.41) is 4.07. The molecule has 10 heteroatoms. The van der Waals surface area contributed by atoms with Crippen LogP contribution < -0.4 is 9.64 Å². The highest BCUT2D eigenvalue weighted by molar-refractivity contribution is 5.94. The van der Waals surface area contributed by atoms with E-state index in [-0.39, 0.29) is 35.8 Å². The highest BCUT2D eigenvalue weighted by atomic mass is 19.3. The summed E-state index contributed by atoms with van der Waals surface area (Å²) in [5.74, 6) is 0.283. The second-order valence-corrected chi connectivity index (χ2v) is 10.5. The summed E-state index contributed by atoms with van der Waals surface area (Å²) in [7, 11) is 0. The fraction of sp³-hybridized carbons (Fsp3) is 0.400. The number of amides is 1. The van der Waals surface area contributed by atoms with Gasteiger partial charge in [0.2, 0.25) is 11.8 Å². The summed E-state index contributed by atoms with van der Waals surface area (Å²) >= 11 is 0.